The molecular formula is C40H58N2O5S. The molecule has 3 atom stereocenters. The molecular weight excluding hydrogens is 621 g/mol. The molecule has 0 spiro atoms. The molecule has 0 aliphatic carbocycles. The van der Waals surface area contributed by atoms with Gasteiger partial charge >= 0.3 is 0 Å². The van der Waals surface area contributed by atoms with Gasteiger partial charge < -0.3 is 19.5 Å². The summed E-state index contributed by atoms with van der Waals surface area (Å²) in [6.07, 6.45) is 15.1. The lowest BCUT2D eigenvalue weighted by Crippen LogP contribution is -2.40. The maximum atomic E-state index is 13.1. The zero-order chi connectivity index (χ0) is 34.0. The van der Waals surface area contributed by atoms with E-state index in [1.807, 2.05) is 42.5 Å². The summed E-state index contributed by atoms with van der Waals surface area (Å²) in [4.78, 5) is 2.81. The Bertz CT molecular complexity index is 1400. The summed E-state index contributed by atoms with van der Waals surface area (Å²) in [5.41, 5.74) is 3.14. The first kappa shape index (κ1) is 38.1. The minimum Gasteiger partial charge on any atom is -0.392 e. The Labute approximate surface area is 290 Å². The summed E-state index contributed by atoms with van der Waals surface area (Å²) in [6, 6.07) is 23.7. The Morgan fingerprint density at radius 2 is 1.35 bits per heavy atom. The van der Waals surface area contributed by atoms with Crippen LogP contribution in [0, 0.1) is 0 Å². The summed E-state index contributed by atoms with van der Waals surface area (Å²) < 4.78 is 42.2. The van der Waals surface area contributed by atoms with Crippen LogP contribution in [0.4, 0.5) is 5.69 Å². The van der Waals surface area contributed by atoms with Crippen molar-refractivity contribution in [2.45, 2.75) is 127 Å². The molecule has 0 amide bonds. The van der Waals surface area contributed by atoms with Gasteiger partial charge in [0.05, 0.1) is 23.7 Å². The molecule has 4 rings (SSSR count). The molecule has 0 radical (unpaired) electrons. The smallest absolute Gasteiger partial charge is 0.261 e. The quantitative estimate of drug-likeness (QED) is 0.103. The Kier molecular flexibility index (Phi) is 16.4. The first-order valence-electron chi connectivity index (χ1n) is 18.3. The molecule has 2 N–H and O–H groups in total. The minimum atomic E-state index is -3.74. The van der Waals surface area contributed by atoms with Crippen LogP contribution in [0.3, 0.4) is 0 Å². The van der Waals surface area contributed by atoms with E-state index in [-0.39, 0.29) is 23.7 Å². The van der Waals surface area contributed by atoms with E-state index in [1.54, 1.807) is 36.4 Å². The summed E-state index contributed by atoms with van der Waals surface area (Å²) in [5, 5.41) is 9.61. The summed E-state index contributed by atoms with van der Waals surface area (Å²) in [6.45, 7) is 7.49. The van der Waals surface area contributed by atoms with Crippen molar-refractivity contribution in [3.63, 3.8) is 0 Å². The maximum Gasteiger partial charge on any atom is 0.261 e. The SMILES string of the molecule is CCCCCCCCN(CCCCCCCC)CC1CC(c2ccc(CO)cc2)OC(c2cccc(NS(=O)(=O)c3ccccc3)c2)O1. The average molecular weight is 679 g/mol. The standard InChI is InChI=1S/C40H58N2O5S/c1-3-5-7-9-11-16-27-42(28-17-12-10-8-6-4-2)31-37-30-39(34-25-23-33(32-43)24-26-34)47-40(46-37)35-19-18-20-36(29-35)41-48(44,45)38-21-14-13-15-22-38/h13-15,18-26,29,37,39-41,43H,3-12,16-17,27-28,30-32H2,1-2H3. The van der Waals surface area contributed by atoms with Gasteiger partial charge in [0.15, 0.2) is 6.29 Å². The molecule has 3 aromatic carbocycles. The van der Waals surface area contributed by atoms with Crippen LogP contribution in [0.5, 0.6) is 0 Å². The lowest BCUT2D eigenvalue weighted by molar-refractivity contribution is -0.253. The highest BCUT2D eigenvalue weighted by Gasteiger charge is 2.33. The predicted molar refractivity (Wildman–Crippen MR) is 195 cm³/mol. The fourth-order valence-corrected chi connectivity index (χ4v) is 7.48. The monoisotopic (exact) mass is 678 g/mol. The maximum absolute atomic E-state index is 13.1. The third kappa shape index (κ3) is 12.6. The van der Waals surface area contributed by atoms with Gasteiger partial charge in [-0.15, -0.1) is 0 Å². The van der Waals surface area contributed by atoms with Crippen molar-refractivity contribution in [1.29, 1.82) is 0 Å². The van der Waals surface area contributed by atoms with E-state index in [4.69, 9.17) is 9.47 Å². The van der Waals surface area contributed by atoms with E-state index in [0.29, 0.717) is 5.69 Å². The second kappa shape index (κ2) is 20.7. The molecule has 0 saturated carbocycles. The number of unbranched alkanes of at least 4 members (excludes halogenated alkanes) is 10. The van der Waals surface area contributed by atoms with Gasteiger partial charge in [0, 0.05) is 24.2 Å². The van der Waals surface area contributed by atoms with Crippen LogP contribution in [0.15, 0.2) is 83.8 Å². The number of hydrogen-bond acceptors (Lipinski definition) is 6. The summed E-state index contributed by atoms with van der Waals surface area (Å²) >= 11 is 0. The van der Waals surface area contributed by atoms with Crippen LogP contribution >= 0.6 is 0 Å². The van der Waals surface area contributed by atoms with Crippen LogP contribution in [0.25, 0.3) is 0 Å². The normalized spacial score (nSPS) is 18.3. The van der Waals surface area contributed by atoms with E-state index in [2.05, 4.69) is 23.5 Å². The van der Waals surface area contributed by atoms with E-state index in [9.17, 15) is 13.5 Å². The van der Waals surface area contributed by atoms with Gasteiger partial charge in [-0.3, -0.25) is 4.72 Å². The van der Waals surface area contributed by atoms with Crippen molar-refractivity contribution < 1.29 is 23.0 Å². The number of nitrogens with one attached hydrogen (secondary N) is 1. The summed E-state index contributed by atoms with van der Waals surface area (Å²) in [7, 11) is -3.74. The van der Waals surface area contributed by atoms with Crippen LogP contribution in [0.1, 0.15) is 126 Å². The molecule has 1 heterocycles. The topological polar surface area (TPSA) is 88.1 Å². The average Bonchev–Trinajstić information content (AvgIpc) is 3.11. The van der Waals surface area contributed by atoms with Crippen LogP contribution in [-0.2, 0) is 26.1 Å². The number of rotatable bonds is 22. The zero-order valence-corrected chi connectivity index (χ0v) is 30.0. The fourth-order valence-electron chi connectivity index (χ4n) is 6.41. The summed E-state index contributed by atoms with van der Waals surface area (Å²) in [5.74, 6) is 0. The van der Waals surface area contributed by atoms with Crippen molar-refractivity contribution in [2.24, 2.45) is 0 Å². The number of sulfonamides is 1. The van der Waals surface area contributed by atoms with Crippen molar-refractivity contribution in [2.75, 3.05) is 24.4 Å². The number of aliphatic hydroxyl groups excluding tert-OH is 1. The van der Waals surface area contributed by atoms with Gasteiger partial charge in [0.1, 0.15) is 0 Å². The number of nitrogens with zero attached hydrogens (tertiary/aromatic N) is 1. The fraction of sp³-hybridized carbons (Fsp3) is 0.550. The number of hydrogen-bond donors (Lipinski definition) is 2. The predicted octanol–water partition coefficient (Wildman–Crippen LogP) is 9.55. The number of benzene rings is 3. The van der Waals surface area contributed by atoms with Crippen molar-refractivity contribution in [3.8, 4) is 0 Å². The molecule has 264 valence electrons. The number of ether oxygens (including phenoxy) is 2. The molecule has 1 fully saturated rings. The first-order valence-corrected chi connectivity index (χ1v) is 19.8. The highest BCUT2D eigenvalue weighted by molar-refractivity contribution is 7.92. The second-order valence-electron chi connectivity index (χ2n) is 13.2. The van der Waals surface area contributed by atoms with Crippen molar-refractivity contribution in [3.05, 3.63) is 95.6 Å². The molecule has 1 saturated heterocycles. The highest BCUT2D eigenvalue weighted by Crippen LogP contribution is 2.39. The molecule has 3 unspecified atom stereocenters. The molecule has 0 bridgehead atoms. The Morgan fingerprint density at radius 1 is 0.729 bits per heavy atom. The van der Waals surface area contributed by atoms with Gasteiger partial charge in [-0.1, -0.05) is 133 Å². The molecule has 3 aromatic rings. The Balaban J connectivity index is 1.50. The third-order valence-electron chi connectivity index (χ3n) is 9.20. The van der Waals surface area contributed by atoms with Crippen molar-refractivity contribution >= 4 is 15.7 Å². The largest absolute Gasteiger partial charge is 0.392 e. The lowest BCUT2D eigenvalue weighted by Gasteiger charge is -2.38. The van der Waals surface area contributed by atoms with Gasteiger partial charge in [-0.05, 0) is 61.3 Å². The lowest BCUT2D eigenvalue weighted by atomic mass is 9.99. The zero-order valence-electron chi connectivity index (χ0n) is 29.2. The molecule has 8 heteroatoms. The van der Waals surface area contributed by atoms with Gasteiger partial charge in [0.25, 0.3) is 10.0 Å². The number of aliphatic hydroxyl groups is 1. The second-order valence-corrected chi connectivity index (χ2v) is 14.9. The van der Waals surface area contributed by atoms with E-state index < -0.39 is 16.3 Å². The molecule has 48 heavy (non-hydrogen) atoms. The molecule has 0 aromatic heterocycles. The van der Waals surface area contributed by atoms with Crippen LogP contribution in [0.2, 0.25) is 0 Å². The highest BCUT2D eigenvalue weighted by atomic mass is 32.2. The van der Waals surface area contributed by atoms with E-state index in [1.165, 1.54) is 77.0 Å². The molecule has 1 aliphatic heterocycles. The van der Waals surface area contributed by atoms with Gasteiger partial charge in [-0.2, -0.15) is 0 Å². The van der Waals surface area contributed by atoms with Gasteiger partial charge in [-0.25, -0.2) is 8.42 Å². The Hall–Kier alpha value is -2.75. The first-order chi connectivity index (χ1) is 23.4. The molecule has 7 nitrogen and oxygen atoms in total. The van der Waals surface area contributed by atoms with Crippen LogP contribution in [-0.4, -0.2) is 44.2 Å². The van der Waals surface area contributed by atoms with Gasteiger partial charge in [0.2, 0.25) is 0 Å². The van der Waals surface area contributed by atoms with E-state index >= 15 is 0 Å². The molecule has 1 aliphatic rings. The third-order valence-corrected chi connectivity index (χ3v) is 10.6. The number of anilines is 1. The van der Waals surface area contributed by atoms with E-state index in [0.717, 1.165) is 42.7 Å². The Morgan fingerprint density at radius 3 is 1.98 bits per heavy atom. The minimum absolute atomic E-state index is 0.00229. The van der Waals surface area contributed by atoms with Crippen LogP contribution < -0.4 is 4.72 Å². The van der Waals surface area contributed by atoms with Crippen molar-refractivity contribution in [1.82, 2.24) is 4.90 Å².